The second-order valence-electron chi connectivity index (χ2n) is 6.22. The highest BCUT2D eigenvalue weighted by atomic mass is 16.1. The normalized spacial score (nSPS) is 20.2. The Morgan fingerprint density at radius 3 is 2.50 bits per heavy atom. The molecule has 1 amide bonds. The third kappa shape index (κ3) is 5.39. The molecule has 0 spiro atoms. The molecule has 0 bridgehead atoms. The van der Waals surface area contributed by atoms with Crippen LogP contribution in [-0.4, -0.2) is 37.0 Å². The van der Waals surface area contributed by atoms with Crippen LogP contribution in [0.3, 0.4) is 0 Å². The molecule has 0 aromatic heterocycles. The molecule has 0 aromatic carbocycles. The molecule has 20 heavy (non-hydrogen) atoms. The predicted molar refractivity (Wildman–Crippen MR) is 81.7 cm³/mol. The van der Waals surface area contributed by atoms with E-state index >= 15 is 0 Å². The van der Waals surface area contributed by atoms with Crippen molar-refractivity contribution in [2.24, 2.45) is 10.9 Å². The quantitative estimate of drug-likeness (QED) is 0.391. The van der Waals surface area contributed by atoms with Crippen LogP contribution in [-0.2, 0) is 4.79 Å². The summed E-state index contributed by atoms with van der Waals surface area (Å²) in [5.41, 5.74) is 0. The van der Waals surface area contributed by atoms with E-state index in [0.717, 1.165) is 18.8 Å². The molecule has 2 aliphatic rings. The number of carbonyl (C=O) groups is 1. The van der Waals surface area contributed by atoms with Crippen LogP contribution in [0.1, 0.15) is 52.4 Å². The van der Waals surface area contributed by atoms with E-state index in [4.69, 9.17) is 0 Å². The van der Waals surface area contributed by atoms with Gasteiger partial charge in [0, 0.05) is 24.5 Å². The van der Waals surface area contributed by atoms with Crippen LogP contribution < -0.4 is 16.0 Å². The number of guanidine groups is 1. The van der Waals surface area contributed by atoms with E-state index in [2.05, 4.69) is 34.8 Å². The van der Waals surface area contributed by atoms with Gasteiger partial charge in [0.2, 0.25) is 5.91 Å². The van der Waals surface area contributed by atoms with Crippen molar-refractivity contribution in [3.05, 3.63) is 0 Å². The smallest absolute Gasteiger partial charge is 0.223 e. The van der Waals surface area contributed by atoms with Gasteiger partial charge >= 0.3 is 0 Å². The Hall–Kier alpha value is -1.26. The summed E-state index contributed by atoms with van der Waals surface area (Å²) >= 11 is 0. The van der Waals surface area contributed by atoms with Crippen molar-refractivity contribution in [1.82, 2.24) is 16.0 Å². The van der Waals surface area contributed by atoms with Crippen LogP contribution in [0.15, 0.2) is 4.99 Å². The van der Waals surface area contributed by atoms with E-state index in [-0.39, 0.29) is 11.8 Å². The zero-order chi connectivity index (χ0) is 14.4. The van der Waals surface area contributed by atoms with Gasteiger partial charge in [0.15, 0.2) is 5.96 Å². The Kier molecular flexibility index (Phi) is 5.68. The molecule has 5 heteroatoms. The van der Waals surface area contributed by atoms with Gasteiger partial charge in [0.25, 0.3) is 0 Å². The van der Waals surface area contributed by atoms with Gasteiger partial charge in [-0.05, 0) is 39.5 Å². The van der Waals surface area contributed by atoms with E-state index in [1.807, 2.05) is 0 Å². The number of carbonyl (C=O) groups excluding carboxylic acids is 1. The first-order valence-electron chi connectivity index (χ1n) is 8.00. The number of hydrogen-bond donors (Lipinski definition) is 3. The van der Waals surface area contributed by atoms with Gasteiger partial charge in [-0.2, -0.15) is 0 Å². The maximum atomic E-state index is 11.9. The fraction of sp³-hybridized carbons (Fsp3) is 0.867. The minimum absolute atomic E-state index is 0.214. The third-order valence-electron chi connectivity index (χ3n) is 3.75. The van der Waals surface area contributed by atoms with Crippen molar-refractivity contribution < 1.29 is 4.79 Å². The second kappa shape index (κ2) is 7.50. The predicted octanol–water partition coefficient (Wildman–Crippen LogP) is 1.40. The summed E-state index contributed by atoms with van der Waals surface area (Å²) in [7, 11) is 0. The molecule has 0 atom stereocenters. The van der Waals surface area contributed by atoms with Crippen molar-refractivity contribution >= 4 is 11.9 Å². The number of hydrogen-bond acceptors (Lipinski definition) is 2. The summed E-state index contributed by atoms with van der Waals surface area (Å²) in [6, 6.07) is 0.959. The minimum Gasteiger partial charge on any atom is -0.354 e. The fourth-order valence-electron chi connectivity index (χ4n) is 2.51. The maximum absolute atomic E-state index is 11.9. The zero-order valence-corrected chi connectivity index (χ0v) is 12.7. The first kappa shape index (κ1) is 15.1. The Labute approximate surface area is 122 Å². The molecule has 5 nitrogen and oxygen atoms in total. The number of nitrogens with zero attached hydrogens (tertiary/aromatic N) is 1. The van der Waals surface area contributed by atoms with Crippen molar-refractivity contribution in [2.75, 3.05) is 13.1 Å². The highest BCUT2D eigenvalue weighted by Gasteiger charge is 2.23. The van der Waals surface area contributed by atoms with E-state index < -0.39 is 0 Å². The average Bonchev–Trinajstić information content (AvgIpc) is 3.04. The summed E-state index contributed by atoms with van der Waals surface area (Å²) < 4.78 is 0. The second-order valence-corrected chi connectivity index (χ2v) is 6.22. The lowest BCUT2D eigenvalue weighted by molar-refractivity contribution is -0.124. The Morgan fingerprint density at radius 1 is 1.20 bits per heavy atom. The molecule has 0 saturated heterocycles. The topological polar surface area (TPSA) is 65.5 Å². The van der Waals surface area contributed by atoms with Gasteiger partial charge in [-0.3, -0.25) is 9.79 Å². The van der Waals surface area contributed by atoms with Crippen molar-refractivity contribution in [3.8, 4) is 0 Å². The third-order valence-corrected chi connectivity index (χ3v) is 3.75. The van der Waals surface area contributed by atoms with Crippen molar-refractivity contribution in [1.29, 1.82) is 0 Å². The first-order chi connectivity index (χ1) is 9.65. The molecule has 0 radical (unpaired) electrons. The van der Waals surface area contributed by atoms with Gasteiger partial charge in [-0.25, -0.2) is 0 Å². The standard InChI is InChI=1S/C15H28N4O/c1-11(2)18-15(19-13-7-8-13)17-10-9-16-14(20)12-5-3-4-6-12/h11-13H,3-10H2,1-2H3,(H,16,20)(H2,17,18,19). The summed E-state index contributed by atoms with van der Waals surface area (Å²) in [5.74, 6) is 1.33. The molecule has 114 valence electrons. The number of rotatable bonds is 6. The lowest BCUT2D eigenvalue weighted by Gasteiger charge is -2.15. The molecule has 2 saturated carbocycles. The highest BCUT2D eigenvalue weighted by molar-refractivity contribution is 5.81. The Bertz CT molecular complexity index is 338. The largest absolute Gasteiger partial charge is 0.354 e. The lowest BCUT2D eigenvalue weighted by Crippen LogP contribution is -2.42. The van der Waals surface area contributed by atoms with Gasteiger partial charge in [0.05, 0.1) is 6.54 Å². The Balaban J connectivity index is 1.67. The lowest BCUT2D eigenvalue weighted by atomic mass is 10.1. The molecular weight excluding hydrogens is 252 g/mol. The monoisotopic (exact) mass is 280 g/mol. The van der Waals surface area contributed by atoms with Gasteiger partial charge in [0.1, 0.15) is 0 Å². The minimum atomic E-state index is 0.214. The highest BCUT2D eigenvalue weighted by Crippen LogP contribution is 2.24. The molecule has 2 aliphatic carbocycles. The summed E-state index contributed by atoms with van der Waals surface area (Å²) in [6.45, 7) is 5.47. The Morgan fingerprint density at radius 2 is 1.90 bits per heavy atom. The number of aliphatic imine (C=N–C) groups is 1. The number of amides is 1. The first-order valence-corrected chi connectivity index (χ1v) is 8.00. The van der Waals surface area contributed by atoms with Gasteiger partial charge in [-0.1, -0.05) is 12.8 Å². The van der Waals surface area contributed by atoms with Crippen LogP contribution in [0.25, 0.3) is 0 Å². The molecular formula is C15H28N4O. The van der Waals surface area contributed by atoms with E-state index in [1.54, 1.807) is 0 Å². The van der Waals surface area contributed by atoms with Crippen molar-refractivity contribution in [2.45, 2.75) is 64.5 Å². The zero-order valence-electron chi connectivity index (χ0n) is 12.7. The summed E-state index contributed by atoms with van der Waals surface area (Å²) in [6.07, 6.45) is 6.97. The molecule has 3 N–H and O–H groups in total. The molecule has 0 heterocycles. The van der Waals surface area contributed by atoms with Gasteiger partial charge < -0.3 is 16.0 Å². The van der Waals surface area contributed by atoms with Crippen molar-refractivity contribution in [3.63, 3.8) is 0 Å². The van der Waals surface area contributed by atoms with Gasteiger partial charge in [-0.15, -0.1) is 0 Å². The van der Waals surface area contributed by atoms with Crippen LogP contribution in [0.2, 0.25) is 0 Å². The molecule has 0 aliphatic heterocycles. The summed E-state index contributed by atoms with van der Waals surface area (Å²) in [5, 5.41) is 9.71. The molecule has 0 unspecified atom stereocenters. The molecule has 0 aromatic rings. The molecule has 2 fully saturated rings. The summed E-state index contributed by atoms with van der Waals surface area (Å²) in [4.78, 5) is 16.4. The van der Waals surface area contributed by atoms with Crippen LogP contribution in [0, 0.1) is 5.92 Å². The average molecular weight is 280 g/mol. The van der Waals surface area contributed by atoms with E-state index in [1.165, 1.54) is 25.7 Å². The van der Waals surface area contributed by atoms with E-state index in [9.17, 15) is 4.79 Å². The SMILES string of the molecule is CC(C)NC(=NCCNC(=O)C1CCCC1)NC1CC1. The molecule has 2 rings (SSSR count). The van der Waals surface area contributed by atoms with Crippen LogP contribution in [0.4, 0.5) is 0 Å². The van der Waals surface area contributed by atoms with Crippen LogP contribution >= 0.6 is 0 Å². The van der Waals surface area contributed by atoms with Crippen LogP contribution in [0.5, 0.6) is 0 Å². The number of nitrogens with one attached hydrogen (secondary N) is 3. The van der Waals surface area contributed by atoms with E-state index in [0.29, 0.717) is 25.2 Å². The fourth-order valence-corrected chi connectivity index (χ4v) is 2.51. The maximum Gasteiger partial charge on any atom is 0.223 e.